The summed E-state index contributed by atoms with van der Waals surface area (Å²) in [6.45, 7) is 0. The zero-order valence-corrected chi connectivity index (χ0v) is 26.1. The number of benzene rings is 6. The third kappa shape index (κ3) is 7.21. The minimum absolute atomic E-state index is 1.15. The molecule has 212 valence electrons. The monoisotopic (exact) mass is 600 g/mol. The summed E-state index contributed by atoms with van der Waals surface area (Å²) in [4.78, 5) is 0. The first-order valence-corrected chi connectivity index (χ1v) is 17.6. The second-order valence-corrected chi connectivity index (χ2v) is 15.0. The Hall–Kier alpha value is -4.81. The lowest BCUT2D eigenvalue weighted by atomic mass is 10.1. The number of hydrogen-bond donors (Lipinski definition) is 0. The first-order chi connectivity index (χ1) is 21.7. The number of rotatable bonds is 9. The molecular weight excluding hydrogens is 568 g/mol. The highest BCUT2D eigenvalue weighted by Gasteiger charge is 2.24. The highest BCUT2D eigenvalue weighted by molar-refractivity contribution is 8.25. The van der Waals surface area contributed by atoms with Crippen LogP contribution in [0.1, 0.15) is 33.4 Å². The van der Waals surface area contributed by atoms with Crippen LogP contribution >= 0.6 is 6.04 Å². The zero-order valence-electron chi connectivity index (χ0n) is 24.4. The summed E-state index contributed by atoms with van der Waals surface area (Å²) in [5.41, 5.74) is 7.02. The van der Waals surface area contributed by atoms with Crippen LogP contribution in [0.3, 0.4) is 0 Å². The normalized spacial score (nSPS) is 13.0. The molecule has 2 heteroatoms. The molecule has 0 N–H and O–H groups in total. The standard InChI is InChI=1S/C42H33PS/c44-43(40-28-22-37(23-29-40)19-16-34-10-4-1-5-11-34,41-30-24-38(25-31-41)20-17-35-12-6-2-7-13-35)42-32-26-39(27-33-42)21-18-36-14-8-3-9-15-36/h1-33H. The molecule has 0 radical (unpaired) electrons. The van der Waals surface area contributed by atoms with Crippen molar-refractivity contribution in [1.29, 1.82) is 0 Å². The summed E-state index contributed by atoms with van der Waals surface area (Å²) in [7, 11) is 0. The Labute approximate surface area is 266 Å². The molecule has 0 saturated carbocycles. The van der Waals surface area contributed by atoms with E-state index in [2.05, 4.69) is 182 Å². The Morgan fingerprint density at radius 1 is 0.273 bits per heavy atom. The Balaban J connectivity index is 1.32. The van der Waals surface area contributed by atoms with Crippen LogP contribution in [0.5, 0.6) is 0 Å². The second kappa shape index (κ2) is 14.1. The molecule has 0 fully saturated rings. The number of hydrogen-bond acceptors (Lipinski definition) is 1. The largest absolute Gasteiger partial charge is 0.0826 e. The van der Waals surface area contributed by atoms with E-state index in [0.29, 0.717) is 0 Å². The molecule has 0 heterocycles. The second-order valence-electron chi connectivity index (χ2n) is 10.6. The van der Waals surface area contributed by atoms with Gasteiger partial charge in [-0.2, -0.15) is 0 Å². The summed E-state index contributed by atoms with van der Waals surface area (Å²) in [6, 6.07) is 55.3. The van der Waals surface area contributed by atoms with Gasteiger partial charge in [-0.1, -0.05) is 212 Å². The van der Waals surface area contributed by atoms with Crippen LogP contribution in [0.25, 0.3) is 36.5 Å². The molecule has 0 bridgehead atoms. The zero-order chi connectivity index (χ0) is 30.0. The molecule has 0 unspecified atom stereocenters. The predicted molar refractivity (Wildman–Crippen MR) is 199 cm³/mol. The van der Waals surface area contributed by atoms with E-state index < -0.39 is 6.04 Å². The van der Waals surface area contributed by atoms with Crippen molar-refractivity contribution in [3.8, 4) is 0 Å². The lowest BCUT2D eigenvalue weighted by Crippen LogP contribution is -2.24. The van der Waals surface area contributed by atoms with Crippen molar-refractivity contribution >= 4 is 70.2 Å². The molecule has 0 aliphatic rings. The summed E-state index contributed by atoms with van der Waals surface area (Å²) in [5, 5.41) is 3.55. The molecule has 6 rings (SSSR count). The highest BCUT2D eigenvalue weighted by Crippen LogP contribution is 2.43. The topological polar surface area (TPSA) is 0 Å². The van der Waals surface area contributed by atoms with Gasteiger partial charge >= 0.3 is 0 Å². The fourth-order valence-electron chi connectivity index (χ4n) is 5.10. The minimum Gasteiger partial charge on any atom is -0.0826 e. The van der Waals surface area contributed by atoms with Crippen molar-refractivity contribution in [2.75, 3.05) is 0 Å². The predicted octanol–water partition coefficient (Wildman–Crippen LogP) is 9.95. The third-order valence-corrected chi connectivity index (χ3v) is 12.5. The van der Waals surface area contributed by atoms with Gasteiger partial charge in [-0.15, -0.1) is 0 Å². The van der Waals surface area contributed by atoms with Gasteiger partial charge in [0.2, 0.25) is 0 Å². The van der Waals surface area contributed by atoms with Crippen LogP contribution in [-0.4, -0.2) is 0 Å². The molecule has 0 spiro atoms. The van der Waals surface area contributed by atoms with Crippen molar-refractivity contribution in [2.24, 2.45) is 0 Å². The maximum absolute atomic E-state index is 6.71. The van der Waals surface area contributed by atoms with E-state index in [0.717, 1.165) is 16.7 Å². The third-order valence-electron chi connectivity index (χ3n) is 7.57. The molecule has 0 atom stereocenters. The molecule has 0 aliphatic carbocycles. The van der Waals surface area contributed by atoms with Crippen molar-refractivity contribution in [2.45, 2.75) is 0 Å². The van der Waals surface area contributed by atoms with Gasteiger partial charge in [-0.25, -0.2) is 0 Å². The Bertz CT molecular complexity index is 1690. The quantitative estimate of drug-likeness (QED) is 0.118. The van der Waals surface area contributed by atoms with Crippen LogP contribution < -0.4 is 15.9 Å². The average Bonchev–Trinajstić information content (AvgIpc) is 3.10. The maximum Gasteiger partial charge on any atom is 0.0379 e. The van der Waals surface area contributed by atoms with Crippen molar-refractivity contribution in [3.05, 3.63) is 197 Å². The van der Waals surface area contributed by atoms with E-state index in [-0.39, 0.29) is 0 Å². The van der Waals surface area contributed by atoms with Crippen LogP contribution in [0.15, 0.2) is 164 Å². The van der Waals surface area contributed by atoms with Gasteiger partial charge in [0, 0.05) is 6.04 Å². The van der Waals surface area contributed by atoms with Crippen molar-refractivity contribution in [1.82, 2.24) is 0 Å². The average molecular weight is 601 g/mol. The van der Waals surface area contributed by atoms with Crippen molar-refractivity contribution < 1.29 is 0 Å². The molecule has 0 aromatic heterocycles. The summed E-state index contributed by atoms with van der Waals surface area (Å²) >= 11 is 6.71. The fraction of sp³-hybridized carbons (Fsp3) is 0. The molecule has 0 amide bonds. The molecule has 6 aromatic carbocycles. The van der Waals surface area contributed by atoms with Gasteiger partial charge in [0.1, 0.15) is 0 Å². The van der Waals surface area contributed by atoms with Gasteiger partial charge in [0.25, 0.3) is 0 Å². The summed E-state index contributed by atoms with van der Waals surface area (Å²) < 4.78 is 0. The van der Waals surface area contributed by atoms with Crippen LogP contribution in [0.4, 0.5) is 0 Å². The van der Waals surface area contributed by atoms with Gasteiger partial charge in [-0.3, -0.25) is 0 Å². The molecule has 6 aromatic rings. The van der Waals surface area contributed by atoms with E-state index in [1.54, 1.807) is 0 Å². The van der Waals surface area contributed by atoms with Gasteiger partial charge < -0.3 is 0 Å². The van der Waals surface area contributed by atoms with Crippen LogP contribution in [0.2, 0.25) is 0 Å². The van der Waals surface area contributed by atoms with E-state index in [4.69, 9.17) is 11.8 Å². The molecule has 44 heavy (non-hydrogen) atoms. The Morgan fingerprint density at radius 3 is 0.705 bits per heavy atom. The first kappa shape index (κ1) is 29.3. The Morgan fingerprint density at radius 2 is 0.477 bits per heavy atom. The van der Waals surface area contributed by atoms with Crippen molar-refractivity contribution in [3.63, 3.8) is 0 Å². The summed E-state index contributed by atoms with van der Waals surface area (Å²) in [6.07, 6.45) is 12.9. The fourth-order valence-corrected chi connectivity index (χ4v) is 8.80. The van der Waals surface area contributed by atoms with E-state index in [1.807, 2.05) is 18.2 Å². The smallest absolute Gasteiger partial charge is 0.0379 e. The molecule has 0 aliphatic heterocycles. The van der Waals surface area contributed by atoms with Gasteiger partial charge in [-0.05, 0) is 49.3 Å². The lowest BCUT2D eigenvalue weighted by molar-refractivity contribution is 1.65. The van der Waals surface area contributed by atoms with Crippen LogP contribution in [-0.2, 0) is 11.8 Å². The highest BCUT2D eigenvalue weighted by atomic mass is 32.4. The maximum atomic E-state index is 6.71. The molecule has 0 nitrogen and oxygen atoms in total. The van der Waals surface area contributed by atoms with E-state index in [1.165, 1.54) is 32.6 Å². The first-order valence-electron chi connectivity index (χ1n) is 14.8. The lowest BCUT2D eigenvalue weighted by Gasteiger charge is -2.24. The summed E-state index contributed by atoms with van der Waals surface area (Å²) in [5.74, 6) is 0. The Kier molecular flexibility index (Phi) is 9.38. The molecule has 0 saturated heterocycles. The minimum atomic E-state index is -2.31. The molecular formula is C42H33PS. The SMILES string of the molecule is S=P(c1ccc(C=Cc2ccccc2)cc1)(c1ccc(C=Cc2ccccc2)cc1)c1ccc(C=Cc2ccccc2)cc1. The van der Waals surface area contributed by atoms with Crippen LogP contribution in [0, 0.1) is 0 Å². The van der Waals surface area contributed by atoms with E-state index >= 15 is 0 Å². The van der Waals surface area contributed by atoms with Gasteiger partial charge in [0.15, 0.2) is 0 Å². The van der Waals surface area contributed by atoms with Gasteiger partial charge in [0.05, 0.1) is 0 Å². The van der Waals surface area contributed by atoms with E-state index in [9.17, 15) is 0 Å².